The van der Waals surface area contributed by atoms with Crippen molar-refractivity contribution in [2.75, 3.05) is 17.2 Å². The number of aryl methyl sites for hydroxylation is 1. The van der Waals surface area contributed by atoms with Crippen LogP contribution in [0.1, 0.15) is 55.0 Å². The third-order valence-corrected chi connectivity index (χ3v) is 7.01. The molecule has 2 aliphatic rings. The average molecular weight is 491 g/mol. The van der Waals surface area contributed by atoms with Crippen molar-refractivity contribution in [1.29, 1.82) is 0 Å². The number of esters is 1. The number of carbonyl (C=O) groups excluding carboxylic acids is 4. The minimum Gasteiger partial charge on any atom is -0.462 e. The van der Waals surface area contributed by atoms with Crippen molar-refractivity contribution in [1.82, 2.24) is 9.88 Å². The highest BCUT2D eigenvalue weighted by Gasteiger charge is 2.41. The van der Waals surface area contributed by atoms with Gasteiger partial charge in [-0.15, -0.1) is 11.3 Å². The molecule has 2 N–H and O–H groups in total. The van der Waals surface area contributed by atoms with Gasteiger partial charge in [0, 0.05) is 23.0 Å². The number of imide groups is 1. The number of hydrogen-bond acceptors (Lipinski definition) is 7. The van der Waals surface area contributed by atoms with Crippen LogP contribution < -0.4 is 10.6 Å². The summed E-state index contributed by atoms with van der Waals surface area (Å²) in [4.78, 5) is 56.7. The van der Waals surface area contributed by atoms with Crippen molar-refractivity contribution in [3.8, 4) is 0 Å². The molecule has 178 valence electrons. The summed E-state index contributed by atoms with van der Waals surface area (Å²) < 4.78 is 4.95. The van der Waals surface area contributed by atoms with Crippen molar-refractivity contribution in [3.63, 3.8) is 0 Å². The number of thiazole rings is 1. The Hall–Kier alpha value is -4.05. The molecule has 1 aliphatic heterocycles. The summed E-state index contributed by atoms with van der Waals surface area (Å²) in [6.45, 7) is 2.03. The fourth-order valence-electron chi connectivity index (χ4n) is 4.33. The van der Waals surface area contributed by atoms with Gasteiger partial charge in [-0.3, -0.25) is 19.8 Å². The summed E-state index contributed by atoms with van der Waals surface area (Å²) in [7, 11) is 0. The smallest absolute Gasteiger partial charge is 0.338 e. The van der Waals surface area contributed by atoms with Gasteiger partial charge in [0.05, 0.1) is 29.0 Å². The number of nitrogens with zero attached hydrogens (tertiary/aromatic N) is 2. The molecular weight excluding hydrogens is 468 g/mol. The highest BCUT2D eigenvalue weighted by atomic mass is 32.1. The molecule has 1 aromatic heterocycles. The minimum atomic E-state index is -0.461. The zero-order chi connectivity index (χ0) is 24.5. The summed E-state index contributed by atoms with van der Waals surface area (Å²) in [6, 6.07) is 12.6. The predicted molar refractivity (Wildman–Crippen MR) is 130 cm³/mol. The van der Waals surface area contributed by atoms with E-state index in [0.717, 1.165) is 10.6 Å². The molecule has 0 bridgehead atoms. The van der Waals surface area contributed by atoms with Gasteiger partial charge in [-0.2, -0.15) is 0 Å². The van der Waals surface area contributed by atoms with Crippen LogP contribution >= 0.6 is 11.3 Å². The van der Waals surface area contributed by atoms with Crippen LogP contribution in [0.25, 0.3) is 0 Å². The Bertz CT molecular complexity index is 1300. The molecule has 0 fully saturated rings. The zero-order valence-electron chi connectivity index (χ0n) is 18.9. The maximum atomic E-state index is 12.8. The highest BCUT2D eigenvalue weighted by Crippen LogP contribution is 2.34. The first-order chi connectivity index (χ1) is 16.9. The molecular formula is C25H22N4O5S. The Morgan fingerprint density at radius 1 is 1.06 bits per heavy atom. The maximum absolute atomic E-state index is 12.8. The second kappa shape index (κ2) is 9.30. The standard InChI is InChI=1S/C25H22N4O5S/c1-2-34-23(32)14-7-9-15(10-8-14)26-24(33)28-25-27-19-12-11-16(13-20(19)35-25)29-21(30)17-5-3-4-6-18(17)22(29)31/h3-10,16H,2,11-13H2,1H3,(H2,26,27,28,33). The molecule has 10 heteroatoms. The number of ether oxygens (including phenoxy) is 1. The highest BCUT2D eigenvalue weighted by molar-refractivity contribution is 7.15. The number of carbonyl (C=O) groups is 4. The van der Waals surface area contributed by atoms with Gasteiger partial charge in [0.15, 0.2) is 5.13 Å². The molecule has 35 heavy (non-hydrogen) atoms. The molecule has 2 heterocycles. The van der Waals surface area contributed by atoms with E-state index in [4.69, 9.17) is 4.74 Å². The van der Waals surface area contributed by atoms with Crippen LogP contribution in [0.2, 0.25) is 0 Å². The second-order valence-electron chi connectivity index (χ2n) is 8.19. The predicted octanol–water partition coefficient (Wildman–Crippen LogP) is 4.12. The summed E-state index contributed by atoms with van der Waals surface area (Å²) in [5, 5.41) is 5.89. The van der Waals surface area contributed by atoms with Gasteiger partial charge in [-0.25, -0.2) is 14.6 Å². The molecule has 2 aromatic carbocycles. The molecule has 1 aliphatic carbocycles. The number of benzene rings is 2. The summed E-state index contributed by atoms with van der Waals surface area (Å²) in [6.07, 6.45) is 1.75. The normalized spacial score (nSPS) is 16.5. The van der Waals surface area contributed by atoms with E-state index in [1.54, 1.807) is 55.5 Å². The second-order valence-corrected chi connectivity index (χ2v) is 9.27. The number of rotatable bonds is 5. The molecule has 0 saturated heterocycles. The van der Waals surface area contributed by atoms with E-state index in [0.29, 0.717) is 46.8 Å². The molecule has 4 amide bonds. The van der Waals surface area contributed by atoms with E-state index in [-0.39, 0.29) is 24.5 Å². The first kappa shape index (κ1) is 22.7. The van der Waals surface area contributed by atoms with Crippen LogP contribution in [0.5, 0.6) is 0 Å². The summed E-state index contributed by atoms with van der Waals surface area (Å²) in [5.74, 6) is -0.929. The Morgan fingerprint density at radius 2 is 1.74 bits per heavy atom. The molecule has 0 saturated carbocycles. The van der Waals surface area contributed by atoms with Crippen LogP contribution in [0.3, 0.4) is 0 Å². The van der Waals surface area contributed by atoms with Gasteiger partial charge >= 0.3 is 12.0 Å². The fourth-order valence-corrected chi connectivity index (χ4v) is 5.41. The fraction of sp³-hybridized carbons (Fsp3) is 0.240. The lowest BCUT2D eigenvalue weighted by Crippen LogP contribution is -2.42. The first-order valence-electron chi connectivity index (χ1n) is 11.2. The molecule has 0 spiro atoms. The maximum Gasteiger partial charge on any atom is 0.338 e. The number of urea groups is 1. The van der Waals surface area contributed by atoms with Crippen molar-refractivity contribution in [3.05, 3.63) is 75.8 Å². The number of amides is 4. The largest absolute Gasteiger partial charge is 0.462 e. The number of anilines is 2. The Morgan fingerprint density at radius 3 is 2.40 bits per heavy atom. The van der Waals surface area contributed by atoms with Crippen LogP contribution in [-0.4, -0.2) is 46.3 Å². The Balaban J connectivity index is 1.22. The Labute approximate surface area is 205 Å². The van der Waals surface area contributed by atoms with E-state index >= 15 is 0 Å². The molecule has 1 atom stereocenters. The van der Waals surface area contributed by atoms with Crippen molar-refractivity contribution >= 4 is 46.0 Å². The summed E-state index contributed by atoms with van der Waals surface area (Å²) in [5.41, 5.74) is 2.68. The van der Waals surface area contributed by atoms with Gasteiger partial charge in [0.2, 0.25) is 0 Å². The van der Waals surface area contributed by atoms with Gasteiger partial charge in [0.1, 0.15) is 0 Å². The number of fused-ring (bicyclic) bond motifs is 2. The molecule has 9 nitrogen and oxygen atoms in total. The molecule has 5 rings (SSSR count). The van der Waals surface area contributed by atoms with Crippen LogP contribution in [-0.2, 0) is 17.6 Å². The van der Waals surface area contributed by atoms with Gasteiger partial charge in [-0.1, -0.05) is 12.1 Å². The van der Waals surface area contributed by atoms with Crippen LogP contribution in [0.4, 0.5) is 15.6 Å². The van der Waals surface area contributed by atoms with Gasteiger partial charge in [-0.05, 0) is 56.2 Å². The third-order valence-electron chi connectivity index (χ3n) is 5.98. The first-order valence-corrected chi connectivity index (χ1v) is 12.1. The minimum absolute atomic E-state index is 0.241. The number of hydrogen-bond donors (Lipinski definition) is 2. The monoisotopic (exact) mass is 490 g/mol. The topological polar surface area (TPSA) is 118 Å². The van der Waals surface area contributed by atoms with E-state index in [2.05, 4.69) is 15.6 Å². The van der Waals surface area contributed by atoms with E-state index in [1.807, 2.05) is 0 Å². The van der Waals surface area contributed by atoms with Crippen molar-refractivity contribution in [2.45, 2.75) is 32.2 Å². The van der Waals surface area contributed by atoms with Crippen molar-refractivity contribution < 1.29 is 23.9 Å². The van der Waals surface area contributed by atoms with E-state index < -0.39 is 12.0 Å². The van der Waals surface area contributed by atoms with E-state index in [1.165, 1.54) is 16.2 Å². The third kappa shape index (κ3) is 4.40. The number of aromatic nitrogens is 1. The lowest BCUT2D eigenvalue weighted by atomic mass is 9.96. The quantitative estimate of drug-likeness (QED) is 0.410. The molecule has 0 radical (unpaired) electrons. The lowest BCUT2D eigenvalue weighted by Gasteiger charge is -2.28. The lowest BCUT2D eigenvalue weighted by molar-refractivity contribution is 0.0523. The van der Waals surface area contributed by atoms with E-state index in [9.17, 15) is 19.2 Å². The van der Waals surface area contributed by atoms with Gasteiger partial charge in [0.25, 0.3) is 11.8 Å². The van der Waals surface area contributed by atoms with Crippen molar-refractivity contribution in [2.24, 2.45) is 0 Å². The van der Waals surface area contributed by atoms with Crippen LogP contribution in [0, 0.1) is 0 Å². The molecule has 1 unspecified atom stereocenters. The zero-order valence-corrected chi connectivity index (χ0v) is 19.7. The summed E-state index contributed by atoms with van der Waals surface area (Å²) >= 11 is 1.34. The average Bonchev–Trinajstić information content (AvgIpc) is 3.36. The Kier molecular flexibility index (Phi) is 6.04. The SMILES string of the molecule is CCOC(=O)c1ccc(NC(=O)Nc2nc3c(s2)CC(N2C(=O)c4ccccc4C2=O)CC3)cc1. The molecule has 3 aromatic rings. The number of nitrogens with one attached hydrogen (secondary N) is 2. The van der Waals surface area contributed by atoms with Gasteiger partial charge < -0.3 is 10.1 Å². The van der Waals surface area contributed by atoms with Crippen LogP contribution in [0.15, 0.2) is 48.5 Å².